The van der Waals surface area contributed by atoms with Gasteiger partial charge in [0.1, 0.15) is 5.82 Å². The first-order chi connectivity index (χ1) is 14.0. The van der Waals surface area contributed by atoms with E-state index in [0.717, 1.165) is 40.5 Å². The van der Waals surface area contributed by atoms with Gasteiger partial charge in [0.15, 0.2) is 0 Å². The van der Waals surface area contributed by atoms with Crippen LogP contribution in [0, 0.1) is 6.92 Å². The Morgan fingerprint density at radius 2 is 2.10 bits per heavy atom. The minimum absolute atomic E-state index is 0.181. The van der Waals surface area contributed by atoms with Crippen molar-refractivity contribution < 1.29 is 4.79 Å². The number of hydrogen-bond acceptors (Lipinski definition) is 4. The lowest BCUT2D eigenvalue weighted by Gasteiger charge is -2.17. The van der Waals surface area contributed by atoms with Crippen LogP contribution in [0.4, 0.5) is 5.82 Å². The van der Waals surface area contributed by atoms with Gasteiger partial charge in [-0.15, -0.1) is 0 Å². The highest BCUT2D eigenvalue weighted by Crippen LogP contribution is 2.32. The van der Waals surface area contributed by atoms with Crippen LogP contribution in [0.5, 0.6) is 0 Å². The molecule has 0 saturated carbocycles. The number of fused-ring (bicyclic) bond motifs is 2. The van der Waals surface area contributed by atoms with Crippen molar-refractivity contribution in [3.05, 3.63) is 53.5 Å². The van der Waals surface area contributed by atoms with Crippen molar-refractivity contribution in [2.75, 3.05) is 18.9 Å². The molecule has 148 valence electrons. The lowest BCUT2D eigenvalue weighted by molar-refractivity contribution is 0.102. The van der Waals surface area contributed by atoms with Crippen molar-refractivity contribution in [2.24, 2.45) is 7.05 Å². The van der Waals surface area contributed by atoms with Crippen molar-refractivity contribution in [3.63, 3.8) is 0 Å². The monoisotopic (exact) mass is 388 g/mol. The van der Waals surface area contributed by atoms with Crippen LogP contribution in [-0.2, 0) is 7.05 Å². The van der Waals surface area contributed by atoms with Crippen molar-refractivity contribution in [1.29, 1.82) is 0 Å². The third-order valence-electron chi connectivity index (χ3n) is 5.94. The number of pyridine rings is 1. The lowest BCUT2D eigenvalue weighted by Crippen LogP contribution is -2.17. The first-order valence-electron chi connectivity index (χ1n) is 9.93. The fourth-order valence-electron chi connectivity index (χ4n) is 4.37. The molecule has 1 saturated heterocycles. The molecule has 5 rings (SSSR count). The summed E-state index contributed by atoms with van der Waals surface area (Å²) in [6, 6.07) is 10.1. The van der Waals surface area contributed by atoms with Crippen LogP contribution in [0.2, 0.25) is 0 Å². The van der Waals surface area contributed by atoms with Crippen molar-refractivity contribution >= 4 is 33.5 Å². The van der Waals surface area contributed by atoms with E-state index in [0.29, 0.717) is 17.4 Å². The number of benzene rings is 1. The van der Waals surface area contributed by atoms with Gasteiger partial charge in [0.25, 0.3) is 5.91 Å². The third kappa shape index (κ3) is 3.07. The molecular weight excluding hydrogens is 364 g/mol. The Kier molecular flexibility index (Phi) is 4.13. The summed E-state index contributed by atoms with van der Waals surface area (Å²) >= 11 is 0. The van der Waals surface area contributed by atoms with Gasteiger partial charge in [-0.05, 0) is 51.6 Å². The first kappa shape index (κ1) is 17.9. The smallest absolute Gasteiger partial charge is 0.256 e. The Bertz CT molecular complexity index is 1240. The standard InChI is InChI=1S/C22H24N6O/c1-13-16-7-6-14(10-20(16)28(3)26-13)22(29)25-21-11-17-15(12-23-21)9-18(24-17)19-5-4-8-27(19)2/h6-7,9-12,19,24H,4-5,8H2,1-3H3,(H,23,25,29). The molecule has 1 aromatic carbocycles. The zero-order valence-electron chi connectivity index (χ0n) is 16.9. The van der Waals surface area contributed by atoms with E-state index >= 15 is 0 Å². The molecule has 3 aromatic heterocycles. The number of aryl methyl sites for hydroxylation is 2. The lowest BCUT2D eigenvalue weighted by atomic mass is 10.1. The normalized spacial score (nSPS) is 17.4. The van der Waals surface area contributed by atoms with Crippen LogP contribution in [0.25, 0.3) is 21.8 Å². The maximum Gasteiger partial charge on any atom is 0.256 e. The molecule has 1 fully saturated rings. The van der Waals surface area contributed by atoms with Crippen LogP contribution in [0.3, 0.4) is 0 Å². The zero-order valence-corrected chi connectivity index (χ0v) is 16.9. The number of rotatable bonds is 3. The van der Waals surface area contributed by atoms with Gasteiger partial charge in [0, 0.05) is 47.4 Å². The quantitative estimate of drug-likeness (QED) is 0.560. The predicted octanol–water partition coefficient (Wildman–Crippen LogP) is 3.78. The first-order valence-corrected chi connectivity index (χ1v) is 9.93. The van der Waals surface area contributed by atoms with E-state index in [2.05, 4.69) is 38.4 Å². The molecule has 1 unspecified atom stereocenters. The second kappa shape index (κ2) is 6.70. The van der Waals surface area contributed by atoms with Gasteiger partial charge < -0.3 is 10.3 Å². The Morgan fingerprint density at radius 1 is 1.24 bits per heavy atom. The number of H-pyrrole nitrogens is 1. The number of carbonyl (C=O) groups excluding carboxylic acids is 1. The Labute approximate surface area is 168 Å². The highest BCUT2D eigenvalue weighted by Gasteiger charge is 2.24. The van der Waals surface area contributed by atoms with Gasteiger partial charge in [-0.3, -0.25) is 14.4 Å². The van der Waals surface area contributed by atoms with Crippen molar-refractivity contribution in [1.82, 2.24) is 24.6 Å². The Hall–Kier alpha value is -3.19. The van der Waals surface area contributed by atoms with Gasteiger partial charge in [-0.1, -0.05) is 6.07 Å². The molecule has 4 aromatic rings. The number of hydrogen-bond donors (Lipinski definition) is 2. The summed E-state index contributed by atoms with van der Waals surface area (Å²) < 4.78 is 1.80. The van der Waals surface area contributed by atoms with E-state index < -0.39 is 0 Å². The van der Waals surface area contributed by atoms with E-state index in [-0.39, 0.29) is 5.91 Å². The van der Waals surface area contributed by atoms with Crippen molar-refractivity contribution in [3.8, 4) is 0 Å². The fourth-order valence-corrected chi connectivity index (χ4v) is 4.37. The topological polar surface area (TPSA) is 78.8 Å². The second-order valence-electron chi connectivity index (χ2n) is 7.92. The molecule has 1 aliphatic heterocycles. The Morgan fingerprint density at radius 3 is 2.90 bits per heavy atom. The van der Waals surface area contributed by atoms with Crippen LogP contribution >= 0.6 is 0 Å². The highest BCUT2D eigenvalue weighted by molar-refractivity contribution is 6.06. The molecular formula is C22H24N6O. The molecule has 2 N–H and O–H groups in total. The predicted molar refractivity (Wildman–Crippen MR) is 114 cm³/mol. The van der Waals surface area contributed by atoms with Gasteiger partial charge in [-0.25, -0.2) is 4.98 Å². The maximum absolute atomic E-state index is 12.8. The summed E-state index contributed by atoms with van der Waals surface area (Å²) in [5, 5.41) is 9.45. The van der Waals surface area contributed by atoms with Crippen LogP contribution in [0.1, 0.15) is 40.6 Å². The third-order valence-corrected chi connectivity index (χ3v) is 5.94. The van der Waals surface area contributed by atoms with E-state index in [1.807, 2.05) is 44.4 Å². The minimum atomic E-state index is -0.181. The van der Waals surface area contributed by atoms with Gasteiger partial charge in [-0.2, -0.15) is 5.10 Å². The van der Waals surface area contributed by atoms with Gasteiger partial charge in [0.05, 0.1) is 16.7 Å². The SMILES string of the molecule is Cc1nn(C)c2cc(C(=O)Nc3cc4[nH]c(C5CCCN5C)cc4cn3)ccc12. The van der Waals surface area contributed by atoms with E-state index in [9.17, 15) is 4.79 Å². The van der Waals surface area contributed by atoms with Gasteiger partial charge >= 0.3 is 0 Å². The molecule has 0 spiro atoms. The molecule has 0 aliphatic carbocycles. The molecule has 7 nitrogen and oxygen atoms in total. The van der Waals surface area contributed by atoms with Gasteiger partial charge in [0.2, 0.25) is 0 Å². The van der Waals surface area contributed by atoms with Crippen molar-refractivity contribution in [2.45, 2.75) is 25.8 Å². The number of nitrogens with zero attached hydrogens (tertiary/aromatic N) is 4. The van der Waals surface area contributed by atoms with E-state index in [4.69, 9.17) is 0 Å². The molecule has 7 heteroatoms. The summed E-state index contributed by atoms with van der Waals surface area (Å²) in [6.45, 7) is 3.09. The summed E-state index contributed by atoms with van der Waals surface area (Å²) in [4.78, 5) is 23.1. The highest BCUT2D eigenvalue weighted by atomic mass is 16.1. The van der Waals surface area contributed by atoms with Crippen LogP contribution in [0.15, 0.2) is 36.5 Å². The zero-order chi connectivity index (χ0) is 20.1. The minimum Gasteiger partial charge on any atom is -0.357 e. The number of amides is 1. The van der Waals surface area contributed by atoms with Crippen LogP contribution < -0.4 is 5.32 Å². The fraction of sp³-hybridized carbons (Fsp3) is 0.318. The number of likely N-dealkylation sites (tertiary alicyclic amines) is 1. The molecule has 0 bridgehead atoms. The summed E-state index contributed by atoms with van der Waals surface area (Å²) in [5.41, 5.74) is 4.68. The number of aromatic amines is 1. The average molecular weight is 388 g/mol. The largest absolute Gasteiger partial charge is 0.357 e. The van der Waals surface area contributed by atoms with E-state index in [1.54, 1.807) is 4.68 Å². The molecule has 1 atom stereocenters. The molecule has 4 heterocycles. The second-order valence-corrected chi connectivity index (χ2v) is 7.92. The number of anilines is 1. The summed E-state index contributed by atoms with van der Waals surface area (Å²) in [7, 11) is 4.05. The number of aromatic nitrogens is 4. The van der Waals surface area contributed by atoms with Crippen LogP contribution in [-0.4, -0.2) is 44.1 Å². The molecule has 0 radical (unpaired) electrons. The molecule has 1 aliphatic rings. The number of nitrogens with one attached hydrogen (secondary N) is 2. The summed E-state index contributed by atoms with van der Waals surface area (Å²) in [6.07, 6.45) is 4.19. The average Bonchev–Trinajstić information content (AvgIpc) is 3.38. The molecule has 29 heavy (non-hydrogen) atoms. The Balaban J connectivity index is 1.41. The summed E-state index contributed by atoms with van der Waals surface area (Å²) in [5.74, 6) is 0.358. The van der Waals surface area contributed by atoms with E-state index in [1.165, 1.54) is 12.1 Å². The number of carbonyl (C=O) groups is 1. The maximum atomic E-state index is 12.8. The molecule has 1 amide bonds.